The third-order valence-corrected chi connectivity index (χ3v) is 4.75. The van der Waals surface area contributed by atoms with Crippen molar-refractivity contribution in [3.63, 3.8) is 0 Å². The van der Waals surface area contributed by atoms with E-state index < -0.39 is 11.2 Å². The van der Waals surface area contributed by atoms with Crippen LogP contribution < -0.4 is 16.3 Å². The van der Waals surface area contributed by atoms with E-state index in [1.54, 1.807) is 12.1 Å². The lowest BCUT2D eigenvalue weighted by Gasteiger charge is -2.23. The molecule has 1 amide bonds. The second-order valence-corrected chi connectivity index (χ2v) is 6.98. The third kappa shape index (κ3) is 3.80. The average molecular weight is 416 g/mol. The van der Waals surface area contributed by atoms with Crippen LogP contribution in [0.1, 0.15) is 33.1 Å². The smallest absolute Gasteiger partial charge is 0.278 e. The van der Waals surface area contributed by atoms with Gasteiger partial charge in [0.2, 0.25) is 5.91 Å². The van der Waals surface area contributed by atoms with Gasteiger partial charge in [0, 0.05) is 25.6 Å². The number of aryl methyl sites for hydroxylation is 1. The summed E-state index contributed by atoms with van der Waals surface area (Å²) in [5.74, 6) is -0.293. The van der Waals surface area contributed by atoms with E-state index in [9.17, 15) is 14.4 Å². The summed E-state index contributed by atoms with van der Waals surface area (Å²) in [5, 5.41) is 1.29. The van der Waals surface area contributed by atoms with Gasteiger partial charge in [-0.2, -0.15) is 4.68 Å². The molecule has 29 heavy (non-hydrogen) atoms. The molecule has 2 heterocycles. The molecule has 2 aromatic heterocycles. The van der Waals surface area contributed by atoms with Gasteiger partial charge in [-0.25, -0.2) is 19.8 Å². The Balaban J connectivity index is 2.33. The normalized spacial score (nSPS) is 11.0. The maximum atomic E-state index is 13.2. The summed E-state index contributed by atoms with van der Waals surface area (Å²) in [4.78, 5) is 47.4. The van der Waals surface area contributed by atoms with Crippen molar-refractivity contribution in [1.29, 1.82) is 0 Å². The standard InChI is InChI=1S/C20H22ClN5O3/c1-4-9-14(27)25(12-5-2)26-19(28)16-18(24(3)20(26)29)23-17(21)15(22-16)13-10-7-6-8-11-13/h6-8,10-11H,4-5,9,12H2,1-3H3. The van der Waals surface area contributed by atoms with Crippen molar-refractivity contribution in [1.82, 2.24) is 19.2 Å². The maximum Gasteiger partial charge on any atom is 0.352 e. The molecule has 152 valence electrons. The highest BCUT2D eigenvalue weighted by molar-refractivity contribution is 6.32. The SMILES string of the molecule is CCCC(=O)N(CCC)n1c(=O)c2nc(-c3ccccc3)c(Cl)nc2n(C)c1=O. The number of rotatable bonds is 6. The molecule has 3 rings (SSSR count). The minimum absolute atomic E-state index is 0.0271. The van der Waals surface area contributed by atoms with Gasteiger partial charge in [-0.1, -0.05) is 55.8 Å². The molecule has 0 spiro atoms. The number of hydrogen-bond donors (Lipinski definition) is 0. The second-order valence-electron chi connectivity index (χ2n) is 6.63. The van der Waals surface area contributed by atoms with E-state index in [4.69, 9.17) is 11.6 Å². The molecule has 0 N–H and O–H groups in total. The molecule has 0 saturated carbocycles. The highest BCUT2D eigenvalue weighted by atomic mass is 35.5. The number of carbonyl (C=O) groups is 1. The summed E-state index contributed by atoms with van der Waals surface area (Å²) < 4.78 is 2.05. The Morgan fingerprint density at radius 3 is 2.41 bits per heavy atom. The van der Waals surface area contributed by atoms with Gasteiger partial charge in [0.1, 0.15) is 5.69 Å². The highest BCUT2D eigenvalue weighted by Crippen LogP contribution is 2.25. The maximum absolute atomic E-state index is 13.2. The van der Waals surface area contributed by atoms with Crippen molar-refractivity contribution in [2.45, 2.75) is 33.1 Å². The van der Waals surface area contributed by atoms with Crippen LogP contribution in [0, 0.1) is 0 Å². The molecular weight excluding hydrogens is 394 g/mol. The first-order chi connectivity index (χ1) is 13.9. The van der Waals surface area contributed by atoms with E-state index in [0.29, 0.717) is 24.1 Å². The molecule has 0 aliphatic rings. The van der Waals surface area contributed by atoms with Crippen molar-refractivity contribution in [2.24, 2.45) is 7.05 Å². The fourth-order valence-corrected chi connectivity index (χ4v) is 3.32. The molecule has 0 atom stereocenters. The summed E-state index contributed by atoms with van der Waals surface area (Å²) in [5.41, 5.74) is -0.287. The summed E-state index contributed by atoms with van der Waals surface area (Å²) >= 11 is 6.30. The minimum atomic E-state index is -0.692. The zero-order valence-corrected chi connectivity index (χ0v) is 17.3. The van der Waals surface area contributed by atoms with E-state index in [2.05, 4.69) is 9.97 Å². The van der Waals surface area contributed by atoms with Gasteiger partial charge < -0.3 is 0 Å². The Morgan fingerprint density at radius 2 is 1.79 bits per heavy atom. The number of carbonyl (C=O) groups excluding carboxylic acids is 1. The average Bonchev–Trinajstić information content (AvgIpc) is 2.72. The van der Waals surface area contributed by atoms with Crippen LogP contribution in [0.5, 0.6) is 0 Å². The molecule has 3 aromatic rings. The molecule has 8 nitrogen and oxygen atoms in total. The first kappa shape index (κ1) is 20.7. The Bertz CT molecular complexity index is 1170. The van der Waals surface area contributed by atoms with Crippen LogP contribution in [0.25, 0.3) is 22.4 Å². The quantitative estimate of drug-likeness (QED) is 0.617. The van der Waals surface area contributed by atoms with Crippen LogP contribution >= 0.6 is 11.6 Å². The monoisotopic (exact) mass is 415 g/mol. The van der Waals surface area contributed by atoms with Crippen molar-refractivity contribution in [3.05, 3.63) is 56.3 Å². The van der Waals surface area contributed by atoms with E-state index in [0.717, 1.165) is 4.68 Å². The Kier molecular flexibility index (Phi) is 6.12. The molecule has 0 aliphatic carbocycles. The lowest BCUT2D eigenvalue weighted by atomic mass is 10.1. The van der Waals surface area contributed by atoms with Gasteiger partial charge in [0.25, 0.3) is 0 Å². The van der Waals surface area contributed by atoms with Crippen LogP contribution in [0.3, 0.4) is 0 Å². The topological polar surface area (TPSA) is 90.1 Å². The van der Waals surface area contributed by atoms with Crippen LogP contribution in [0.4, 0.5) is 0 Å². The predicted molar refractivity (Wildman–Crippen MR) is 113 cm³/mol. The van der Waals surface area contributed by atoms with E-state index in [1.165, 1.54) is 16.6 Å². The van der Waals surface area contributed by atoms with Crippen LogP contribution in [-0.2, 0) is 11.8 Å². The number of benzene rings is 1. The van der Waals surface area contributed by atoms with Gasteiger partial charge in [0.15, 0.2) is 16.3 Å². The second kappa shape index (κ2) is 8.57. The van der Waals surface area contributed by atoms with E-state index >= 15 is 0 Å². The number of nitrogens with zero attached hydrogens (tertiary/aromatic N) is 5. The minimum Gasteiger partial charge on any atom is -0.278 e. The summed E-state index contributed by atoms with van der Waals surface area (Å²) in [6.07, 6.45) is 1.43. The summed E-state index contributed by atoms with van der Waals surface area (Å²) in [6, 6.07) is 9.10. The molecule has 1 aromatic carbocycles. The van der Waals surface area contributed by atoms with Crippen LogP contribution in [0.2, 0.25) is 5.15 Å². The zero-order valence-electron chi connectivity index (χ0n) is 16.6. The van der Waals surface area contributed by atoms with Gasteiger partial charge in [0.05, 0.1) is 0 Å². The lowest BCUT2D eigenvalue weighted by Crippen LogP contribution is -2.55. The summed E-state index contributed by atoms with van der Waals surface area (Å²) in [7, 11) is 1.47. The number of aromatic nitrogens is 4. The molecule has 0 saturated heterocycles. The lowest BCUT2D eigenvalue weighted by molar-refractivity contribution is -0.120. The molecule has 0 fully saturated rings. The third-order valence-electron chi connectivity index (χ3n) is 4.49. The highest BCUT2D eigenvalue weighted by Gasteiger charge is 2.23. The summed E-state index contributed by atoms with van der Waals surface area (Å²) in [6.45, 7) is 3.98. The molecule has 9 heteroatoms. The number of hydrogen-bond acceptors (Lipinski definition) is 5. The zero-order chi connectivity index (χ0) is 21.1. The van der Waals surface area contributed by atoms with Crippen LogP contribution in [0.15, 0.2) is 39.9 Å². The van der Waals surface area contributed by atoms with Gasteiger partial charge >= 0.3 is 11.2 Å². The first-order valence-electron chi connectivity index (χ1n) is 9.46. The fraction of sp³-hybridized carbons (Fsp3) is 0.350. The van der Waals surface area contributed by atoms with E-state index in [1.807, 2.05) is 32.0 Å². The van der Waals surface area contributed by atoms with Crippen molar-refractivity contribution in [3.8, 4) is 11.3 Å². The van der Waals surface area contributed by atoms with Gasteiger partial charge in [-0.3, -0.25) is 14.2 Å². The molecule has 0 radical (unpaired) electrons. The predicted octanol–water partition coefficient (Wildman–Crippen LogP) is 2.49. The number of halogens is 1. The first-order valence-corrected chi connectivity index (χ1v) is 9.83. The number of fused-ring (bicyclic) bond motifs is 1. The van der Waals surface area contributed by atoms with E-state index in [-0.39, 0.29) is 35.2 Å². The Morgan fingerprint density at radius 1 is 1.10 bits per heavy atom. The fourth-order valence-electron chi connectivity index (χ4n) is 3.09. The van der Waals surface area contributed by atoms with Crippen molar-refractivity contribution < 1.29 is 4.79 Å². The molecular formula is C20H22ClN5O3. The largest absolute Gasteiger partial charge is 0.352 e. The van der Waals surface area contributed by atoms with Crippen molar-refractivity contribution in [2.75, 3.05) is 11.6 Å². The van der Waals surface area contributed by atoms with Gasteiger partial charge in [-0.15, -0.1) is 0 Å². The molecule has 0 bridgehead atoms. The van der Waals surface area contributed by atoms with Crippen LogP contribution in [-0.4, -0.2) is 31.7 Å². The molecule has 0 unspecified atom stereocenters. The Labute approximate surface area is 172 Å². The van der Waals surface area contributed by atoms with Gasteiger partial charge in [-0.05, 0) is 12.8 Å². The van der Waals surface area contributed by atoms with Crippen molar-refractivity contribution >= 4 is 28.7 Å². The number of amides is 1. The Hall–Kier alpha value is -3.00. The molecule has 0 aliphatic heterocycles.